The number of thioether (sulfide) groups is 1. The molecular formula is C20H18Cl2FN5OS. The second-order valence-corrected chi connectivity index (χ2v) is 8.48. The fraction of sp³-hybridized carbons (Fsp3) is 0.250. The van der Waals surface area contributed by atoms with Crippen molar-refractivity contribution in [2.75, 3.05) is 29.1 Å². The average Bonchev–Trinajstić information content (AvgIpc) is 3.38. The molecule has 1 fully saturated rings. The Morgan fingerprint density at radius 3 is 2.60 bits per heavy atom. The summed E-state index contributed by atoms with van der Waals surface area (Å²) < 4.78 is 15.1. The number of nitrogens with zero attached hydrogens (tertiary/aromatic N) is 4. The van der Waals surface area contributed by atoms with E-state index in [4.69, 9.17) is 23.2 Å². The van der Waals surface area contributed by atoms with Crippen molar-refractivity contribution in [1.29, 1.82) is 0 Å². The maximum absolute atomic E-state index is 13.2. The molecule has 156 valence electrons. The first-order chi connectivity index (χ1) is 14.5. The van der Waals surface area contributed by atoms with E-state index in [0.717, 1.165) is 37.7 Å². The van der Waals surface area contributed by atoms with E-state index in [-0.39, 0.29) is 16.7 Å². The van der Waals surface area contributed by atoms with E-state index in [2.05, 4.69) is 20.4 Å². The summed E-state index contributed by atoms with van der Waals surface area (Å²) in [5, 5.41) is 12.6. The van der Waals surface area contributed by atoms with E-state index in [9.17, 15) is 9.18 Å². The molecule has 4 rings (SSSR count). The second-order valence-electron chi connectivity index (χ2n) is 6.72. The molecule has 0 radical (unpaired) electrons. The van der Waals surface area contributed by atoms with E-state index >= 15 is 0 Å². The van der Waals surface area contributed by atoms with Crippen molar-refractivity contribution in [3.8, 4) is 5.69 Å². The summed E-state index contributed by atoms with van der Waals surface area (Å²) in [5.41, 5.74) is 1.12. The lowest BCUT2D eigenvalue weighted by atomic mass is 10.3. The summed E-state index contributed by atoms with van der Waals surface area (Å²) in [6.45, 7) is 1.80. The smallest absolute Gasteiger partial charge is 0.234 e. The van der Waals surface area contributed by atoms with Crippen LogP contribution in [-0.4, -0.2) is 39.5 Å². The molecule has 0 unspecified atom stereocenters. The fourth-order valence-corrected chi connectivity index (χ4v) is 4.40. The first-order valence-electron chi connectivity index (χ1n) is 9.36. The first kappa shape index (κ1) is 21.0. The standard InChI is InChI=1S/C20H18Cl2FN5OS/c21-14-5-1-2-6-17(14)28-19(27-9-3-4-10-27)25-26-20(28)30-12-18(29)24-16-8-7-13(23)11-15(16)22/h1-2,5-8,11H,3-4,9-10,12H2,(H,24,29). The molecule has 1 amide bonds. The lowest BCUT2D eigenvalue weighted by molar-refractivity contribution is -0.113. The highest BCUT2D eigenvalue weighted by atomic mass is 35.5. The van der Waals surface area contributed by atoms with Crippen LogP contribution in [0.4, 0.5) is 16.0 Å². The van der Waals surface area contributed by atoms with Crippen molar-refractivity contribution >= 4 is 52.5 Å². The highest BCUT2D eigenvalue weighted by Gasteiger charge is 2.24. The molecule has 1 aliphatic rings. The second kappa shape index (κ2) is 9.24. The Bertz CT molecular complexity index is 1070. The van der Waals surface area contributed by atoms with Gasteiger partial charge in [-0.15, -0.1) is 10.2 Å². The van der Waals surface area contributed by atoms with Gasteiger partial charge in [0.05, 0.1) is 27.2 Å². The number of carbonyl (C=O) groups excluding carboxylic acids is 1. The van der Waals surface area contributed by atoms with Gasteiger partial charge in [-0.25, -0.2) is 4.39 Å². The molecule has 0 bridgehead atoms. The van der Waals surface area contributed by atoms with Gasteiger partial charge in [-0.05, 0) is 43.2 Å². The number of aromatic nitrogens is 3. The van der Waals surface area contributed by atoms with Crippen LogP contribution in [-0.2, 0) is 4.79 Å². The molecule has 1 aliphatic heterocycles. The van der Waals surface area contributed by atoms with Crippen LogP contribution in [0, 0.1) is 5.82 Å². The van der Waals surface area contributed by atoms with Gasteiger partial charge in [0, 0.05) is 13.1 Å². The fourth-order valence-electron chi connectivity index (χ4n) is 3.23. The van der Waals surface area contributed by atoms with Crippen LogP contribution in [0.5, 0.6) is 0 Å². The number of anilines is 2. The summed E-state index contributed by atoms with van der Waals surface area (Å²) >= 11 is 13.7. The molecule has 1 saturated heterocycles. The van der Waals surface area contributed by atoms with Crippen molar-refractivity contribution in [2.45, 2.75) is 18.0 Å². The maximum Gasteiger partial charge on any atom is 0.234 e. The minimum Gasteiger partial charge on any atom is -0.341 e. The molecule has 1 N–H and O–H groups in total. The van der Waals surface area contributed by atoms with E-state index < -0.39 is 5.82 Å². The molecule has 3 aromatic rings. The Hall–Kier alpha value is -2.29. The molecule has 0 atom stereocenters. The van der Waals surface area contributed by atoms with Gasteiger partial charge in [0.25, 0.3) is 0 Å². The van der Waals surface area contributed by atoms with Gasteiger partial charge in [0.1, 0.15) is 5.82 Å². The van der Waals surface area contributed by atoms with Gasteiger partial charge in [-0.2, -0.15) is 0 Å². The Morgan fingerprint density at radius 2 is 1.87 bits per heavy atom. The normalized spacial score (nSPS) is 13.6. The summed E-state index contributed by atoms with van der Waals surface area (Å²) in [7, 11) is 0. The summed E-state index contributed by atoms with van der Waals surface area (Å²) in [6, 6.07) is 11.3. The number of halogens is 3. The van der Waals surface area contributed by atoms with E-state index in [1.807, 2.05) is 28.8 Å². The molecule has 2 heterocycles. The van der Waals surface area contributed by atoms with Gasteiger partial charge in [0.15, 0.2) is 5.16 Å². The van der Waals surface area contributed by atoms with Crippen LogP contribution in [0.1, 0.15) is 12.8 Å². The van der Waals surface area contributed by atoms with Gasteiger partial charge in [-0.3, -0.25) is 9.36 Å². The van der Waals surface area contributed by atoms with Gasteiger partial charge in [-0.1, -0.05) is 47.1 Å². The van der Waals surface area contributed by atoms with Crippen molar-refractivity contribution in [2.24, 2.45) is 0 Å². The van der Waals surface area contributed by atoms with Gasteiger partial charge < -0.3 is 10.2 Å². The zero-order valence-corrected chi connectivity index (χ0v) is 18.1. The SMILES string of the molecule is O=C(CSc1nnc(N2CCCC2)n1-c1ccccc1Cl)Nc1ccc(F)cc1Cl. The Kier molecular flexibility index (Phi) is 6.46. The van der Waals surface area contributed by atoms with Gasteiger partial charge in [0.2, 0.25) is 11.9 Å². The number of carbonyl (C=O) groups is 1. The first-order valence-corrected chi connectivity index (χ1v) is 11.1. The monoisotopic (exact) mass is 465 g/mol. The highest BCUT2D eigenvalue weighted by Crippen LogP contribution is 2.32. The zero-order chi connectivity index (χ0) is 21.1. The minimum absolute atomic E-state index is 0.0797. The third kappa shape index (κ3) is 4.55. The number of benzene rings is 2. The quantitative estimate of drug-likeness (QED) is 0.516. The Balaban J connectivity index is 1.55. The van der Waals surface area contributed by atoms with Crippen molar-refractivity contribution in [3.05, 3.63) is 58.3 Å². The number of hydrogen-bond donors (Lipinski definition) is 1. The molecule has 1 aromatic heterocycles. The molecule has 10 heteroatoms. The van der Waals surface area contributed by atoms with E-state index in [1.165, 1.54) is 23.9 Å². The molecule has 0 saturated carbocycles. The summed E-state index contributed by atoms with van der Waals surface area (Å²) in [6.07, 6.45) is 2.19. The van der Waals surface area contributed by atoms with Crippen molar-refractivity contribution < 1.29 is 9.18 Å². The van der Waals surface area contributed by atoms with Crippen LogP contribution in [0.25, 0.3) is 5.69 Å². The largest absolute Gasteiger partial charge is 0.341 e. The molecule has 30 heavy (non-hydrogen) atoms. The number of hydrogen-bond acceptors (Lipinski definition) is 5. The molecule has 6 nitrogen and oxygen atoms in total. The molecular weight excluding hydrogens is 448 g/mol. The van der Waals surface area contributed by atoms with E-state index in [1.54, 1.807) is 0 Å². The minimum atomic E-state index is -0.463. The predicted molar refractivity (Wildman–Crippen MR) is 119 cm³/mol. The average molecular weight is 466 g/mol. The number of rotatable bonds is 6. The molecule has 0 aliphatic carbocycles. The third-order valence-electron chi connectivity index (χ3n) is 4.64. The topological polar surface area (TPSA) is 63.1 Å². The number of amides is 1. The molecule has 2 aromatic carbocycles. The summed E-state index contributed by atoms with van der Waals surface area (Å²) in [5.74, 6) is 0.0423. The number of nitrogens with one attached hydrogen (secondary N) is 1. The van der Waals surface area contributed by atoms with Gasteiger partial charge >= 0.3 is 0 Å². The maximum atomic E-state index is 13.2. The van der Waals surface area contributed by atoms with Crippen molar-refractivity contribution in [3.63, 3.8) is 0 Å². The van der Waals surface area contributed by atoms with Crippen LogP contribution < -0.4 is 10.2 Å². The van der Waals surface area contributed by atoms with Crippen LogP contribution >= 0.6 is 35.0 Å². The third-order valence-corrected chi connectivity index (χ3v) is 6.20. The van der Waals surface area contributed by atoms with Crippen LogP contribution in [0.2, 0.25) is 10.0 Å². The zero-order valence-electron chi connectivity index (χ0n) is 15.8. The lowest BCUT2D eigenvalue weighted by Gasteiger charge is -2.19. The van der Waals surface area contributed by atoms with Crippen LogP contribution in [0.15, 0.2) is 47.6 Å². The summed E-state index contributed by atoms with van der Waals surface area (Å²) in [4.78, 5) is 14.6. The Morgan fingerprint density at radius 1 is 1.10 bits per heavy atom. The van der Waals surface area contributed by atoms with Crippen LogP contribution in [0.3, 0.4) is 0 Å². The highest BCUT2D eigenvalue weighted by molar-refractivity contribution is 7.99. The van der Waals surface area contributed by atoms with Crippen molar-refractivity contribution in [1.82, 2.24) is 14.8 Å². The lowest BCUT2D eigenvalue weighted by Crippen LogP contribution is -2.22. The van der Waals surface area contributed by atoms with E-state index in [0.29, 0.717) is 21.8 Å². The molecule has 0 spiro atoms. The number of para-hydroxylation sites is 1. The Labute approximate surface area is 187 Å². The predicted octanol–water partition coefficient (Wildman–Crippen LogP) is 5.04.